The number of likely N-dealkylation sites (tertiary alicyclic amines) is 1. The summed E-state index contributed by atoms with van der Waals surface area (Å²) in [6, 6.07) is -1.54. The molecule has 0 aromatic heterocycles. The topological polar surface area (TPSA) is 96.4 Å². The van der Waals surface area contributed by atoms with Crippen LogP contribution in [0.4, 0.5) is 0 Å². The fraction of sp³-hybridized carbons (Fsp3) is 0.741. The zero-order valence-electron chi connectivity index (χ0n) is 22.1. The molecule has 0 radical (unpaired) electrons. The van der Waals surface area contributed by atoms with Gasteiger partial charge in [-0.25, -0.2) is 0 Å². The van der Waals surface area contributed by atoms with Crippen LogP contribution in [0, 0.1) is 17.8 Å². The molecule has 3 saturated heterocycles. The van der Waals surface area contributed by atoms with Gasteiger partial charge in [-0.1, -0.05) is 26.0 Å². The molecule has 3 aliphatic heterocycles. The highest BCUT2D eigenvalue weighted by Gasteiger charge is 2.79. The SMILES string of the molecule is C=CCCOC(=O)[C@H]1[C@H]2C(=O)N([C@@H](CO)C(C)C)C(C(=O)N(CC=C)C(C)(C)C)C23CC[C@]1(C)O3. The van der Waals surface area contributed by atoms with Crippen LogP contribution in [0.5, 0.6) is 0 Å². The zero-order valence-corrected chi connectivity index (χ0v) is 22.1. The van der Waals surface area contributed by atoms with E-state index in [1.54, 1.807) is 17.1 Å². The van der Waals surface area contributed by atoms with E-state index in [1.807, 2.05) is 41.5 Å². The van der Waals surface area contributed by atoms with Crippen molar-refractivity contribution >= 4 is 17.8 Å². The Balaban J connectivity index is 2.13. The maximum absolute atomic E-state index is 14.3. The van der Waals surface area contributed by atoms with Crippen molar-refractivity contribution in [1.82, 2.24) is 9.80 Å². The number of fused-ring (bicyclic) bond motifs is 1. The number of aliphatic hydroxyl groups excluding tert-OH is 1. The Bertz CT molecular complexity index is 879. The van der Waals surface area contributed by atoms with Crippen molar-refractivity contribution in [3.05, 3.63) is 25.3 Å². The molecule has 3 aliphatic rings. The summed E-state index contributed by atoms with van der Waals surface area (Å²) >= 11 is 0. The molecule has 0 aliphatic carbocycles. The van der Waals surface area contributed by atoms with Gasteiger partial charge in [-0.2, -0.15) is 0 Å². The Labute approximate surface area is 209 Å². The van der Waals surface area contributed by atoms with E-state index in [0.717, 1.165) is 0 Å². The highest BCUT2D eigenvalue weighted by Crippen LogP contribution is 2.64. The van der Waals surface area contributed by atoms with Crippen LogP contribution in [0.15, 0.2) is 25.3 Å². The van der Waals surface area contributed by atoms with Crippen molar-refractivity contribution in [2.75, 3.05) is 19.8 Å². The van der Waals surface area contributed by atoms with Gasteiger partial charge in [-0.3, -0.25) is 14.4 Å². The lowest BCUT2D eigenvalue weighted by Gasteiger charge is -2.44. The smallest absolute Gasteiger partial charge is 0.312 e. The Hall–Kier alpha value is -2.19. The van der Waals surface area contributed by atoms with Crippen molar-refractivity contribution in [3.63, 3.8) is 0 Å². The molecule has 35 heavy (non-hydrogen) atoms. The van der Waals surface area contributed by atoms with Gasteiger partial charge in [-0.05, 0) is 52.9 Å². The predicted molar refractivity (Wildman–Crippen MR) is 132 cm³/mol. The summed E-state index contributed by atoms with van der Waals surface area (Å²) in [6.07, 6.45) is 4.86. The molecule has 0 aromatic carbocycles. The van der Waals surface area contributed by atoms with E-state index in [9.17, 15) is 19.5 Å². The summed E-state index contributed by atoms with van der Waals surface area (Å²) in [4.78, 5) is 44.9. The fourth-order valence-corrected chi connectivity index (χ4v) is 6.28. The molecule has 2 bridgehead atoms. The molecule has 8 heteroatoms. The molecule has 0 saturated carbocycles. The van der Waals surface area contributed by atoms with Crippen LogP contribution in [-0.4, -0.2) is 81.3 Å². The summed E-state index contributed by atoms with van der Waals surface area (Å²) in [6.45, 7) is 19.1. The van der Waals surface area contributed by atoms with E-state index in [-0.39, 0.29) is 30.9 Å². The number of esters is 1. The molecule has 3 heterocycles. The van der Waals surface area contributed by atoms with Crippen LogP contribution < -0.4 is 0 Å². The number of carbonyl (C=O) groups excluding carboxylic acids is 3. The largest absolute Gasteiger partial charge is 0.465 e. The number of aliphatic hydroxyl groups is 1. The molecule has 8 nitrogen and oxygen atoms in total. The van der Waals surface area contributed by atoms with E-state index < -0.39 is 46.6 Å². The van der Waals surface area contributed by atoms with Crippen LogP contribution >= 0.6 is 0 Å². The Morgan fingerprint density at radius 2 is 1.94 bits per heavy atom. The Morgan fingerprint density at radius 3 is 2.46 bits per heavy atom. The van der Waals surface area contributed by atoms with Gasteiger partial charge in [-0.15, -0.1) is 13.2 Å². The van der Waals surface area contributed by atoms with Gasteiger partial charge in [0, 0.05) is 12.1 Å². The van der Waals surface area contributed by atoms with Crippen molar-refractivity contribution in [1.29, 1.82) is 0 Å². The molecule has 1 N–H and O–H groups in total. The van der Waals surface area contributed by atoms with Crippen molar-refractivity contribution in [2.24, 2.45) is 17.8 Å². The minimum absolute atomic E-state index is 0.109. The van der Waals surface area contributed by atoms with Gasteiger partial charge in [0.15, 0.2) is 0 Å². The first-order valence-corrected chi connectivity index (χ1v) is 12.6. The summed E-state index contributed by atoms with van der Waals surface area (Å²) in [5.74, 6) is -2.82. The molecule has 6 atom stereocenters. The second-order valence-corrected chi connectivity index (χ2v) is 11.6. The number of nitrogens with zero attached hydrogens (tertiary/aromatic N) is 2. The van der Waals surface area contributed by atoms with E-state index >= 15 is 0 Å². The molecule has 0 aromatic rings. The average Bonchev–Trinajstić information content (AvgIpc) is 3.32. The summed E-state index contributed by atoms with van der Waals surface area (Å²) in [7, 11) is 0. The van der Waals surface area contributed by atoms with Crippen LogP contribution in [0.3, 0.4) is 0 Å². The van der Waals surface area contributed by atoms with Crippen molar-refractivity contribution < 1.29 is 29.0 Å². The first kappa shape index (κ1) is 27.4. The maximum atomic E-state index is 14.3. The molecule has 3 fully saturated rings. The molecule has 2 unspecified atom stereocenters. The predicted octanol–water partition coefficient (Wildman–Crippen LogP) is 2.70. The number of hydrogen-bond acceptors (Lipinski definition) is 6. The van der Waals surface area contributed by atoms with Crippen LogP contribution in [0.2, 0.25) is 0 Å². The lowest BCUT2D eigenvalue weighted by molar-refractivity contribution is -0.163. The van der Waals surface area contributed by atoms with Gasteiger partial charge < -0.3 is 24.4 Å². The number of hydrogen-bond donors (Lipinski definition) is 1. The van der Waals surface area contributed by atoms with Gasteiger partial charge in [0.1, 0.15) is 17.6 Å². The number of carbonyl (C=O) groups is 3. The third-order valence-electron chi connectivity index (χ3n) is 7.97. The van der Waals surface area contributed by atoms with E-state index in [2.05, 4.69) is 13.2 Å². The average molecular weight is 491 g/mol. The van der Waals surface area contributed by atoms with Gasteiger partial charge in [0.05, 0.1) is 30.8 Å². The van der Waals surface area contributed by atoms with E-state index in [4.69, 9.17) is 9.47 Å². The molecular weight excluding hydrogens is 448 g/mol. The molecule has 1 spiro atoms. The van der Waals surface area contributed by atoms with Crippen LogP contribution in [0.25, 0.3) is 0 Å². The third kappa shape index (κ3) is 4.33. The number of rotatable bonds is 10. The summed E-state index contributed by atoms with van der Waals surface area (Å²) < 4.78 is 12.1. The molecular formula is C27H42N2O6. The van der Waals surface area contributed by atoms with E-state index in [0.29, 0.717) is 25.8 Å². The molecule has 2 amide bonds. The quantitative estimate of drug-likeness (QED) is 0.287. The van der Waals surface area contributed by atoms with Gasteiger partial charge >= 0.3 is 5.97 Å². The lowest BCUT2D eigenvalue weighted by atomic mass is 9.66. The fourth-order valence-electron chi connectivity index (χ4n) is 6.28. The first-order chi connectivity index (χ1) is 16.3. The van der Waals surface area contributed by atoms with Crippen molar-refractivity contribution in [3.8, 4) is 0 Å². The molecule has 196 valence electrons. The first-order valence-electron chi connectivity index (χ1n) is 12.6. The number of amides is 2. The van der Waals surface area contributed by atoms with Crippen LogP contribution in [0.1, 0.15) is 60.8 Å². The zero-order chi connectivity index (χ0) is 26.3. The highest BCUT2D eigenvalue weighted by atomic mass is 16.6. The monoisotopic (exact) mass is 490 g/mol. The summed E-state index contributed by atoms with van der Waals surface area (Å²) in [5.41, 5.74) is -2.59. The van der Waals surface area contributed by atoms with Gasteiger partial charge in [0.25, 0.3) is 0 Å². The Morgan fingerprint density at radius 1 is 1.29 bits per heavy atom. The number of ether oxygens (including phenoxy) is 2. The lowest BCUT2D eigenvalue weighted by Crippen LogP contribution is -2.62. The van der Waals surface area contributed by atoms with Gasteiger partial charge in [0.2, 0.25) is 11.8 Å². The van der Waals surface area contributed by atoms with E-state index in [1.165, 1.54) is 4.90 Å². The summed E-state index contributed by atoms with van der Waals surface area (Å²) in [5, 5.41) is 10.3. The highest BCUT2D eigenvalue weighted by molar-refractivity contribution is 5.99. The van der Waals surface area contributed by atoms with Crippen molar-refractivity contribution in [2.45, 2.75) is 89.6 Å². The standard InChI is InChI=1S/C27H42N2O6/c1-9-11-15-34-24(33)20-19-22(31)29(18(16-30)17(3)4)21(27(19)13-12-26(20,8)35-27)23(32)28(14-10-2)25(5,6)7/h9-10,17-21,30H,1-2,11-16H2,3-8H3/t18-,19-,20+,21?,26-,27?/m0/s1. The second-order valence-electron chi connectivity index (χ2n) is 11.6. The maximum Gasteiger partial charge on any atom is 0.312 e. The second kappa shape index (κ2) is 9.69. The normalized spacial score (nSPS) is 32.5. The minimum Gasteiger partial charge on any atom is -0.465 e. The third-order valence-corrected chi connectivity index (χ3v) is 7.97. The Kier molecular flexibility index (Phi) is 7.59. The minimum atomic E-state index is -1.15. The van der Waals surface area contributed by atoms with Crippen LogP contribution in [-0.2, 0) is 23.9 Å². The molecule has 3 rings (SSSR count).